The van der Waals surface area contributed by atoms with Crippen LogP contribution in [0.2, 0.25) is 0 Å². The zero-order valence-corrected chi connectivity index (χ0v) is 11.2. The molecule has 2 heterocycles. The predicted octanol–water partition coefficient (Wildman–Crippen LogP) is -1.04. The first kappa shape index (κ1) is 12.3. The fourth-order valence-corrected chi connectivity index (χ4v) is 3.96. The Labute approximate surface area is 121 Å². The summed E-state index contributed by atoms with van der Waals surface area (Å²) in [6, 6.07) is 14.0. The van der Waals surface area contributed by atoms with Gasteiger partial charge in [0, 0.05) is 5.92 Å². The molecule has 0 bridgehead atoms. The van der Waals surface area contributed by atoms with Crippen LogP contribution in [-0.2, 0) is 9.47 Å². The van der Waals surface area contributed by atoms with E-state index < -0.39 is 16.7 Å². The summed E-state index contributed by atoms with van der Waals surface area (Å²) in [7, 11) is 0. The maximum atomic E-state index is 9.87. The molecule has 3 aliphatic rings. The Hall–Kier alpha value is -2.41. The third kappa shape index (κ3) is 1.06. The Morgan fingerprint density at radius 2 is 1.81 bits per heavy atom. The fraction of sp³-hybridized carbons (Fsp3) is 0.400. The molecule has 6 nitrogen and oxygen atoms in total. The maximum absolute atomic E-state index is 9.87. The van der Waals surface area contributed by atoms with Gasteiger partial charge in [-0.1, -0.05) is 30.3 Å². The number of benzene rings is 1. The normalized spacial score (nSPS) is 38.4. The smallest absolute Gasteiger partial charge is 0.311 e. The average molecular weight is 281 g/mol. The van der Waals surface area contributed by atoms with E-state index in [0.29, 0.717) is 13.2 Å². The van der Waals surface area contributed by atoms with Gasteiger partial charge in [0.1, 0.15) is 0 Å². The summed E-state index contributed by atoms with van der Waals surface area (Å²) in [6.07, 6.45) is 0. The number of ether oxygens (including phenoxy) is 2. The summed E-state index contributed by atoms with van der Waals surface area (Å²) in [4.78, 5) is 2.92. The quantitative estimate of drug-likeness (QED) is 0.683. The van der Waals surface area contributed by atoms with Crippen LogP contribution < -0.4 is 10.7 Å². The molecule has 4 rings (SSSR count). The third-order valence-corrected chi connectivity index (χ3v) is 4.83. The second-order valence-corrected chi connectivity index (χ2v) is 5.54. The molecule has 1 aliphatic carbocycles. The van der Waals surface area contributed by atoms with E-state index in [1.807, 2.05) is 30.3 Å². The minimum atomic E-state index is -1.32. The SMILES string of the molecule is N#C[C@@]12C(N)=[NH+]C3(OCCO3)[C@]1(C#N)[C@@H]2c1ccccc1. The van der Waals surface area contributed by atoms with Crippen LogP contribution in [0.4, 0.5) is 0 Å². The van der Waals surface area contributed by atoms with Gasteiger partial charge >= 0.3 is 5.91 Å². The average Bonchev–Trinajstić information content (AvgIpc) is 2.78. The second-order valence-electron chi connectivity index (χ2n) is 5.54. The fourth-order valence-electron chi connectivity index (χ4n) is 3.96. The molecule has 1 saturated carbocycles. The lowest BCUT2D eigenvalue weighted by Crippen LogP contribution is -2.89. The lowest BCUT2D eigenvalue weighted by Gasteiger charge is -2.23. The topological polar surface area (TPSA) is 106 Å². The minimum Gasteiger partial charge on any atom is -0.311 e. The largest absolute Gasteiger partial charge is 0.343 e. The Bertz CT molecular complexity index is 726. The van der Waals surface area contributed by atoms with Crippen molar-refractivity contribution in [3.05, 3.63) is 35.9 Å². The summed E-state index contributed by atoms with van der Waals surface area (Å²) in [5.41, 5.74) is 4.70. The van der Waals surface area contributed by atoms with Gasteiger partial charge in [-0.15, -0.1) is 0 Å². The van der Waals surface area contributed by atoms with Gasteiger partial charge in [0.15, 0.2) is 10.8 Å². The Morgan fingerprint density at radius 1 is 1.14 bits per heavy atom. The summed E-state index contributed by atoms with van der Waals surface area (Å²) < 4.78 is 11.4. The van der Waals surface area contributed by atoms with Gasteiger partial charge in [0.05, 0.1) is 25.4 Å². The van der Waals surface area contributed by atoms with Crippen LogP contribution in [0.15, 0.2) is 30.3 Å². The molecule has 3 atom stereocenters. The first-order chi connectivity index (χ1) is 10.2. The number of nitriles is 2. The highest BCUT2D eigenvalue weighted by Gasteiger charge is 2.97. The molecule has 0 radical (unpaired) electrons. The number of nitrogens with one attached hydrogen (secondary N) is 1. The van der Waals surface area contributed by atoms with E-state index >= 15 is 0 Å². The standard InChI is InChI=1S/C15H12N4O2/c16-8-13-11(10-4-2-1-3-5-10)14(13,9-17)15(19-12(13)18)20-6-7-21-15/h1-5,11H,6-7H2,(H2,18,19)/p+1/t11-,13-,14-/m1/s1. The van der Waals surface area contributed by atoms with Crippen molar-refractivity contribution in [2.45, 2.75) is 11.8 Å². The van der Waals surface area contributed by atoms with E-state index in [2.05, 4.69) is 17.1 Å². The molecule has 2 fully saturated rings. The monoisotopic (exact) mass is 281 g/mol. The van der Waals surface area contributed by atoms with Crippen molar-refractivity contribution < 1.29 is 14.5 Å². The maximum Gasteiger partial charge on any atom is 0.343 e. The van der Waals surface area contributed by atoms with Crippen molar-refractivity contribution >= 4 is 5.84 Å². The zero-order chi connectivity index (χ0) is 14.7. The lowest BCUT2D eigenvalue weighted by atomic mass is 9.94. The molecule has 1 spiro atoms. The number of fused-ring (bicyclic) bond motifs is 2. The van der Waals surface area contributed by atoms with Crippen molar-refractivity contribution in [1.82, 2.24) is 0 Å². The molecular formula is C15H13N4O2+. The number of rotatable bonds is 1. The number of nitrogens with zero attached hydrogens (tertiary/aromatic N) is 2. The second kappa shape index (κ2) is 3.62. The van der Waals surface area contributed by atoms with Gasteiger partial charge in [-0.25, -0.2) is 4.99 Å². The van der Waals surface area contributed by atoms with Gasteiger partial charge in [0.2, 0.25) is 0 Å². The van der Waals surface area contributed by atoms with E-state index in [1.54, 1.807) is 0 Å². The molecule has 2 aliphatic heterocycles. The third-order valence-electron chi connectivity index (χ3n) is 4.83. The number of nitrogens with two attached hydrogens (primary N) is 1. The van der Waals surface area contributed by atoms with Crippen LogP contribution in [0, 0.1) is 33.5 Å². The summed E-state index contributed by atoms with van der Waals surface area (Å²) in [5, 5.41) is 19.6. The van der Waals surface area contributed by atoms with Crippen molar-refractivity contribution in [1.29, 1.82) is 10.5 Å². The zero-order valence-electron chi connectivity index (χ0n) is 11.2. The van der Waals surface area contributed by atoms with E-state index in [0.717, 1.165) is 5.56 Å². The van der Waals surface area contributed by atoms with Gasteiger partial charge in [-0.3, -0.25) is 5.73 Å². The summed E-state index contributed by atoms with van der Waals surface area (Å²) in [6.45, 7) is 0.736. The lowest BCUT2D eigenvalue weighted by molar-refractivity contribution is -0.676. The van der Waals surface area contributed by atoms with Crippen LogP contribution in [0.3, 0.4) is 0 Å². The van der Waals surface area contributed by atoms with Crippen LogP contribution in [0.25, 0.3) is 0 Å². The van der Waals surface area contributed by atoms with Crippen molar-refractivity contribution in [2.75, 3.05) is 13.2 Å². The molecule has 1 aromatic rings. The van der Waals surface area contributed by atoms with E-state index in [9.17, 15) is 10.5 Å². The number of hydrogen-bond acceptors (Lipinski definition) is 5. The van der Waals surface area contributed by atoms with Crippen molar-refractivity contribution in [3.63, 3.8) is 0 Å². The van der Waals surface area contributed by atoms with Gasteiger partial charge in [-0.05, 0) is 5.56 Å². The van der Waals surface area contributed by atoms with Gasteiger partial charge in [-0.2, -0.15) is 10.5 Å². The van der Waals surface area contributed by atoms with Crippen molar-refractivity contribution in [2.24, 2.45) is 16.6 Å². The summed E-state index contributed by atoms with van der Waals surface area (Å²) >= 11 is 0. The number of hydrogen-bond donors (Lipinski definition) is 2. The molecule has 3 N–H and O–H groups in total. The minimum absolute atomic E-state index is 0.252. The Balaban J connectivity index is 1.95. The number of amidine groups is 1. The van der Waals surface area contributed by atoms with Crippen LogP contribution in [0.5, 0.6) is 0 Å². The molecular weight excluding hydrogens is 268 g/mol. The Kier molecular flexibility index (Phi) is 2.12. The summed E-state index contributed by atoms with van der Waals surface area (Å²) in [5.74, 6) is -1.43. The molecule has 6 heteroatoms. The highest BCUT2D eigenvalue weighted by molar-refractivity contribution is 5.95. The predicted molar refractivity (Wildman–Crippen MR) is 70.1 cm³/mol. The van der Waals surface area contributed by atoms with Gasteiger partial charge < -0.3 is 9.47 Å². The molecule has 0 unspecified atom stereocenters. The molecule has 0 amide bonds. The Morgan fingerprint density at radius 3 is 2.38 bits per heavy atom. The van der Waals surface area contributed by atoms with Crippen LogP contribution >= 0.6 is 0 Å². The highest BCUT2D eigenvalue weighted by Crippen LogP contribution is 2.78. The van der Waals surface area contributed by atoms with E-state index in [1.165, 1.54) is 0 Å². The first-order valence-electron chi connectivity index (χ1n) is 6.75. The van der Waals surface area contributed by atoms with E-state index in [4.69, 9.17) is 15.2 Å². The first-order valence-corrected chi connectivity index (χ1v) is 6.75. The molecule has 1 aromatic carbocycles. The van der Waals surface area contributed by atoms with Crippen LogP contribution in [0.1, 0.15) is 11.5 Å². The van der Waals surface area contributed by atoms with Crippen LogP contribution in [-0.4, -0.2) is 25.0 Å². The van der Waals surface area contributed by atoms with Crippen molar-refractivity contribution in [3.8, 4) is 12.1 Å². The van der Waals surface area contributed by atoms with E-state index in [-0.39, 0.29) is 11.8 Å². The highest BCUT2D eigenvalue weighted by atomic mass is 16.8. The molecule has 0 aromatic heterocycles. The molecule has 1 saturated heterocycles. The molecule has 104 valence electrons. The molecule has 21 heavy (non-hydrogen) atoms. The van der Waals surface area contributed by atoms with Gasteiger partial charge in [0.25, 0.3) is 5.84 Å².